The van der Waals surface area contributed by atoms with Crippen molar-refractivity contribution in [3.63, 3.8) is 0 Å². The summed E-state index contributed by atoms with van der Waals surface area (Å²) >= 11 is 0. The van der Waals surface area contributed by atoms with Crippen molar-refractivity contribution in [1.29, 1.82) is 0 Å². The molecule has 2 rings (SSSR count). The van der Waals surface area contributed by atoms with Gasteiger partial charge in [-0.15, -0.1) is 0 Å². The van der Waals surface area contributed by atoms with E-state index >= 15 is 0 Å². The molecular formula is C15H27NO2. The molecule has 3 nitrogen and oxygen atoms in total. The van der Waals surface area contributed by atoms with Gasteiger partial charge in [0.15, 0.2) is 0 Å². The maximum atomic E-state index is 11.7. The highest BCUT2D eigenvalue weighted by atomic mass is 16.5. The Balaban J connectivity index is 1.65. The first-order valence-electron chi connectivity index (χ1n) is 7.53. The van der Waals surface area contributed by atoms with Crippen LogP contribution in [-0.2, 0) is 9.53 Å². The fraction of sp³-hybridized carbons (Fsp3) is 0.933. The lowest BCUT2D eigenvalue weighted by atomic mass is 9.76. The summed E-state index contributed by atoms with van der Waals surface area (Å²) in [4.78, 5) is 14.0. The molecule has 0 spiro atoms. The van der Waals surface area contributed by atoms with Gasteiger partial charge in [0.2, 0.25) is 0 Å². The lowest BCUT2D eigenvalue weighted by Gasteiger charge is -2.32. The van der Waals surface area contributed by atoms with E-state index in [0.29, 0.717) is 25.0 Å². The molecule has 0 aromatic carbocycles. The van der Waals surface area contributed by atoms with Gasteiger partial charge in [0, 0.05) is 0 Å². The second-order valence-electron chi connectivity index (χ2n) is 6.32. The number of hydrogen-bond acceptors (Lipinski definition) is 3. The Bertz CT molecular complexity index is 274. The molecule has 18 heavy (non-hydrogen) atoms. The summed E-state index contributed by atoms with van der Waals surface area (Å²) in [5.41, 5.74) is 0. The van der Waals surface area contributed by atoms with E-state index < -0.39 is 0 Å². The highest BCUT2D eigenvalue weighted by molar-refractivity contribution is 5.71. The van der Waals surface area contributed by atoms with Crippen LogP contribution in [0.5, 0.6) is 0 Å². The van der Waals surface area contributed by atoms with Crippen LogP contribution in [0.15, 0.2) is 0 Å². The molecule has 0 unspecified atom stereocenters. The van der Waals surface area contributed by atoms with Crippen molar-refractivity contribution in [2.45, 2.75) is 46.0 Å². The summed E-state index contributed by atoms with van der Waals surface area (Å²) in [5, 5.41) is 0. The van der Waals surface area contributed by atoms with Crippen molar-refractivity contribution >= 4 is 5.97 Å². The van der Waals surface area contributed by atoms with Gasteiger partial charge in [0.05, 0.1) is 13.2 Å². The van der Waals surface area contributed by atoms with Crippen molar-refractivity contribution in [3.05, 3.63) is 0 Å². The van der Waals surface area contributed by atoms with Gasteiger partial charge in [-0.05, 0) is 56.5 Å². The third-order valence-corrected chi connectivity index (χ3v) is 4.62. The van der Waals surface area contributed by atoms with Crippen LogP contribution in [0, 0.1) is 17.8 Å². The van der Waals surface area contributed by atoms with Crippen molar-refractivity contribution < 1.29 is 9.53 Å². The fourth-order valence-electron chi connectivity index (χ4n) is 3.34. The van der Waals surface area contributed by atoms with Crippen molar-refractivity contribution in [3.8, 4) is 0 Å². The van der Waals surface area contributed by atoms with Crippen LogP contribution in [0.25, 0.3) is 0 Å². The molecule has 0 radical (unpaired) electrons. The number of likely N-dealkylation sites (tertiary alicyclic amines) is 1. The Hall–Kier alpha value is -0.570. The van der Waals surface area contributed by atoms with Crippen LogP contribution < -0.4 is 0 Å². The Kier molecular flexibility index (Phi) is 5.04. The predicted octanol–water partition coefficient (Wildman–Crippen LogP) is 2.70. The highest BCUT2D eigenvalue weighted by Gasteiger charge is 2.26. The first kappa shape index (κ1) is 13.9. The summed E-state index contributed by atoms with van der Waals surface area (Å²) in [6.07, 6.45) is 6.25. The summed E-state index contributed by atoms with van der Waals surface area (Å²) in [6.45, 7) is 7.89. The summed E-state index contributed by atoms with van der Waals surface area (Å²) < 4.78 is 5.47. The molecule has 1 saturated heterocycles. The summed E-state index contributed by atoms with van der Waals surface area (Å²) in [6, 6.07) is 0. The topological polar surface area (TPSA) is 29.5 Å². The molecule has 1 aliphatic heterocycles. The number of nitrogens with zero attached hydrogens (tertiary/aromatic N) is 1. The number of hydrogen-bond donors (Lipinski definition) is 0. The molecule has 104 valence electrons. The molecule has 2 aliphatic rings. The SMILES string of the molecule is C[C@H]1CC[C@@H](COC(=O)CN2CCCC2)[C@H](C)C1. The van der Waals surface area contributed by atoms with E-state index in [1.165, 1.54) is 32.1 Å². The first-order valence-corrected chi connectivity index (χ1v) is 7.53. The smallest absolute Gasteiger partial charge is 0.320 e. The van der Waals surface area contributed by atoms with Crippen molar-refractivity contribution in [2.24, 2.45) is 17.8 Å². The standard InChI is InChI=1S/C15H27NO2/c1-12-5-6-14(13(2)9-12)11-18-15(17)10-16-7-3-4-8-16/h12-14H,3-11H2,1-2H3/t12-,13+,14-/m0/s1. The molecule has 0 amide bonds. The molecule has 1 aliphatic carbocycles. The zero-order valence-electron chi connectivity index (χ0n) is 11.9. The average Bonchev–Trinajstić information content (AvgIpc) is 2.80. The van der Waals surface area contributed by atoms with Gasteiger partial charge in [-0.2, -0.15) is 0 Å². The molecule has 3 heteroatoms. The molecule has 0 N–H and O–H groups in total. The number of rotatable bonds is 4. The Morgan fingerprint density at radius 2 is 1.94 bits per heavy atom. The number of carbonyl (C=O) groups is 1. The van der Waals surface area contributed by atoms with Gasteiger partial charge < -0.3 is 4.74 Å². The zero-order chi connectivity index (χ0) is 13.0. The minimum absolute atomic E-state index is 0.0253. The minimum Gasteiger partial charge on any atom is -0.464 e. The van der Waals surface area contributed by atoms with Gasteiger partial charge >= 0.3 is 5.97 Å². The number of esters is 1. The Labute approximate surface area is 111 Å². The lowest BCUT2D eigenvalue weighted by molar-refractivity contribution is -0.147. The van der Waals surface area contributed by atoms with Crippen LogP contribution in [-0.4, -0.2) is 37.1 Å². The lowest BCUT2D eigenvalue weighted by Crippen LogP contribution is -2.31. The average molecular weight is 253 g/mol. The molecule has 1 heterocycles. The van der Waals surface area contributed by atoms with Crippen LogP contribution in [0.4, 0.5) is 0 Å². The second-order valence-corrected chi connectivity index (χ2v) is 6.32. The van der Waals surface area contributed by atoms with E-state index in [9.17, 15) is 4.79 Å². The maximum absolute atomic E-state index is 11.7. The fourth-order valence-corrected chi connectivity index (χ4v) is 3.34. The van der Waals surface area contributed by atoms with Gasteiger partial charge in [-0.3, -0.25) is 9.69 Å². The van der Waals surface area contributed by atoms with Gasteiger partial charge in [0.25, 0.3) is 0 Å². The van der Waals surface area contributed by atoms with Crippen molar-refractivity contribution in [2.75, 3.05) is 26.2 Å². The second kappa shape index (κ2) is 6.55. The molecule has 3 atom stereocenters. The third-order valence-electron chi connectivity index (χ3n) is 4.62. The normalized spacial score (nSPS) is 33.6. The molecule has 2 fully saturated rings. The quantitative estimate of drug-likeness (QED) is 0.721. The maximum Gasteiger partial charge on any atom is 0.320 e. The summed E-state index contributed by atoms with van der Waals surface area (Å²) in [5.74, 6) is 2.11. The number of carbonyl (C=O) groups excluding carboxylic acids is 1. The highest BCUT2D eigenvalue weighted by Crippen LogP contribution is 2.33. The van der Waals surface area contributed by atoms with E-state index in [2.05, 4.69) is 18.7 Å². The van der Waals surface area contributed by atoms with Crippen LogP contribution >= 0.6 is 0 Å². The molecular weight excluding hydrogens is 226 g/mol. The largest absolute Gasteiger partial charge is 0.464 e. The van der Waals surface area contributed by atoms with Gasteiger partial charge in [-0.1, -0.05) is 20.3 Å². The molecule has 0 aromatic rings. The predicted molar refractivity (Wildman–Crippen MR) is 72.3 cm³/mol. The third kappa shape index (κ3) is 3.98. The van der Waals surface area contributed by atoms with Gasteiger partial charge in [0.1, 0.15) is 0 Å². The van der Waals surface area contributed by atoms with E-state index in [1.807, 2.05) is 0 Å². The van der Waals surface area contributed by atoms with E-state index in [1.54, 1.807) is 0 Å². The summed E-state index contributed by atoms with van der Waals surface area (Å²) in [7, 11) is 0. The molecule has 0 bridgehead atoms. The molecule has 0 aromatic heterocycles. The molecule has 1 saturated carbocycles. The number of ether oxygens (including phenoxy) is 1. The van der Waals surface area contributed by atoms with Crippen LogP contribution in [0.2, 0.25) is 0 Å². The van der Waals surface area contributed by atoms with Crippen molar-refractivity contribution in [1.82, 2.24) is 4.90 Å². The van der Waals surface area contributed by atoms with Crippen LogP contribution in [0.3, 0.4) is 0 Å². The minimum atomic E-state index is -0.0253. The van der Waals surface area contributed by atoms with Crippen LogP contribution in [0.1, 0.15) is 46.0 Å². The van der Waals surface area contributed by atoms with E-state index in [4.69, 9.17) is 4.74 Å². The Morgan fingerprint density at radius 3 is 2.61 bits per heavy atom. The van der Waals surface area contributed by atoms with Gasteiger partial charge in [-0.25, -0.2) is 0 Å². The monoisotopic (exact) mass is 253 g/mol. The Morgan fingerprint density at radius 1 is 1.22 bits per heavy atom. The van der Waals surface area contributed by atoms with E-state index in [-0.39, 0.29) is 5.97 Å². The first-order chi connectivity index (χ1) is 8.65. The zero-order valence-corrected chi connectivity index (χ0v) is 11.9. The van der Waals surface area contributed by atoms with E-state index in [0.717, 1.165) is 19.0 Å².